The van der Waals surface area contributed by atoms with E-state index in [1.54, 1.807) is 48.7 Å². The Bertz CT molecular complexity index is 604. The minimum Gasteiger partial charge on any atom is -0.496 e. The summed E-state index contributed by atoms with van der Waals surface area (Å²) in [5.74, 6) is -0.387. The normalized spacial score (nSPS) is 12.1. The van der Waals surface area contributed by atoms with E-state index in [0.29, 0.717) is 23.6 Å². The zero-order valence-electron chi connectivity index (χ0n) is 11.9. The highest BCUT2D eigenvalue weighted by molar-refractivity contribution is 5.76. The van der Waals surface area contributed by atoms with Gasteiger partial charge in [0.25, 0.3) is 0 Å². The Kier molecular flexibility index (Phi) is 4.84. The average Bonchev–Trinajstić information content (AvgIpc) is 2.48. The quantitative estimate of drug-likeness (QED) is 0.872. The van der Waals surface area contributed by atoms with Crippen LogP contribution in [0.3, 0.4) is 0 Å². The van der Waals surface area contributed by atoms with Gasteiger partial charge < -0.3 is 9.84 Å². The molecule has 0 amide bonds. The van der Waals surface area contributed by atoms with Gasteiger partial charge in [-0.05, 0) is 13.1 Å². The van der Waals surface area contributed by atoms with E-state index in [1.165, 1.54) is 7.11 Å². The summed E-state index contributed by atoms with van der Waals surface area (Å²) in [6.07, 6.45) is 4.79. The van der Waals surface area contributed by atoms with E-state index < -0.39 is 12.0 Å². The summed E-state index contributed by atoms with van der Waals surface area (Å²) in [7, 11) is 3.26. The van der Waals surface area contributed by atoms with Crippen molar-refractivity contribution in [3.05, 3.63) is 54.1 Å². The first-order valence-electron chi connectivity index (χ1n) is 6.44. The van der Waals surface area contributed by atoms with E-state index in [1.807, 2.05) is 6.07 Å². The molecule has 0 spiro atoms. The van der Waals surface area contributed by atoms with Crippen LogP contribution in [0.5, 0.6) is 5.75 Å². The predicted molar refractivity (Wildman–Crippen MR) is 76.9 cm³/mol. The Morgan fingerprint density at radius 1 is 1.38 bits per heavy atom. The molecular weight excluding hydrogens is 270 g/mol. The molecule has 1 heterocycles. The molecular formula is C15H17N3O3. The standard InChI is InChI=1S/C15H17N3O3/c1-18(10-11-9-16-7-8-17-11)14(15(19)20)12-5-3-4-6-13(12)21-2/h3-9,14H,10H2,1-2H3,(H,19,20). The number of rotatable bonds is 6. The second-order valence-corrected chi connectivity index (χ2v) is 4.59. The molecule has 1 unspecified atom stereocenters. The first-order chi connectivity index (χ1) is 10.1. The summed E-state index contributed by atoms with van der Waals surface area (Å²) >= 11 is 0. The third-order valence-corrected chi connectivity index (χ3v) is 3.14. The van der Waals surface area contributed by atoms with Gasteiger partial charge in [0.1, 0.15) is 11.8 Å². The van der Waals surface area contributed by atoms with Gasteiger partial charge in [0.15, 0.2) is 0 Å². The summed E-state index contributed by atoms with van der Waals surface area (Å²) in [5, 5.41) is 9.56. The van der Waals surface area contributed by atoms with Crippen LogP contribution in [-0.4, -0.2) is 40.1 Å². The van der Waals surface area contributed by atoms with Crippen LogP contribution in [0.15, 0.2) is 42.9 Å². The van der Waals surface area contributed by atoms with Crippen LogP contribution >= 0.6 is 0 Å². The van der Waals surface area contributed by atoms with E-state index in [4.69, 9.17) is 4.74 Å². The number of methoxy groups -OCH3 is 1. The number of para-hydroxylation sites is 1. The lowest BCUT2D eigenvalue weighted by Crippen LogP contribution is -2.31. The zero-order chi connectivity index (χ0) is 15.2. The molecule has 1 N–H and O–H groups in total. The van der Waals surface area contributed by atoms with Crippen molar-refractivity contribution < 1.29 is 14.6 Å². The Hall–Kier alpha value is -2.47. The number of benzene rings is 1. The maximum atomic E-state index is 11.7. The van der Waals surface area contributed by atoms with Gasteiger partial charge >= 0.3 is 5.97 Å². The third kappa shape index (κ3) is 3.55. The van der Waals surface area contributed by atoms with Crippen LogP contribution in [0.2, 0.25) is 0 Å². The Labute approximate surface area is 123 Å². The fourth-order valence-corrected chi connectivity index (χ4v) is 2.21. The number of carbonyl (C=O) groups is 1. The number of ether oxygens (including phenoxy) is 1. The minimum absolute atomic E-state index is 0.378. The molecule has 0 fully saturated rings. The van der Waals surface area contributed by atoms with E-state index in [0.717, 1.165) is 0 Å². The van der Waals surface area contributed by atoms with E-state index >= 15 is 0 Å². The highest BCUT2D eigenvalue weighted by Crippen LogP contribution is 2.29. The molecule has 1 aromatic carbocycles. The molecule has 6 nitrogen and oxygen atoms in total. The van der Waals surface area contributed by atoms with Crippen LogP contribution < -0.4 is 4.74 Å². The summed E-state index contributed by atoms with van der Waals surface area (Å²) < 4.78 is 5.26. The lowest BCUT2D eigenvalue weighted by atomic mass is 10.0. The Morgan fingerprint density at radius 3 is 2.76 bits per heavy atom. The second kappa shape index (κ2) is 6.81. The number of carboxylic acids is 1. The largest absolute Gasteiger partial charge is 0.496 e. The van der Waals surface area contributed by atoms with Crippen LogP contribution in [0, 0.1) is 0 Å². The number of aliphatic carboxylic acids is 1. The highest BCUT2D eigenvalue weighted by atomic mass is 16.5. The maximum Gasteiger partial charge on any atom is 0.325 e. The molecule has 0 bridgehead atoms. The Balaban J connectivity index is 2.28. The molecule has 2 rings (SSSR count). The summed E-state index contributed by atoms with van der Waals surface area (Å²) in [5.41, 5.74) is 1.32. The summed E-state index contributed by atoms with van der Waals surface area (Å²) in [6.45, 7) is 0.378. The second-order valence-electron chi connectivity index (χ2n) is 4.59. The van der Waals surface area contributed by atoms with Gasteiger partial charge in [0.2, 0.25) is 0 Å². The van der Waals surface area contributed by atoms with Crippen molar-refractivity contribution in [1.82, 2.24) is 14.9 Å². The van der Waals surface area contributed by atoms with Gasteiger partial charge in [0, 0.05) is 30.7 Å². The molecule has 2 aromatic rings. The zero-order valence-corrected chi connectivity index (χ0v) is 11.9. The third-order valence-electron chi connectivity index (χ3n) is 3.14. The van der Waals surface area contributed by atoms with Crippen molar-refractivity contribution >= 4 is 5.97 Å². The number of hydrogen-bond donors (Lipinski definition) is 1. The lowest BCUT2D eigenvalue weighted by Gasteiger charge is -2.25. The number of likely N-dealkylation sites (N-methyl/N-ethyl adjacent to an activating group) is 1. The fraction of sp³-hybridized carbons (Fsp3) is 0.267. The number of carboxylic acid groups (broad SMARTS) is 1. The molecule has 0 aliphatic rings. The van der Waals surface area contributed by atoms with Crippen LogP contribution in [0.1, 0.15) is 17.3 Å². The van der Waals surface area contributed by atoms with Gasteiger partial charge in [-0.2, -0.15) is 0 Å². The van der Waals surface area contributed by atoms with Gasteiger partial charge in [-0.1, -0.05) is 18.2 Å². The van der Waals surface area contributed by atoms with Crippen molar-refractivity contribution in [1.29, 1.82) is 0 Å². The molecule has 0 aliphatic carbocycles. The lowest BCUT2D eigenvalue weighted by molar-refractivity contribution is -0.143. The van der Waals surface area contributed by atoms with Crippen molar-refractivity contribution in [2.75, 3.05) is 14.2 Å². The van der Waals surface area contributed by atoms with E-state index in [2.05, 4.69) is 9.97 Å². The smallest absolute Gasteiger partial charge is 0.325 e. The summed E-state index contributed by atoms with van der Waals surface area (Å²) in [6, 6.07) is 6.29. The fourth-order valence-electron chi connectivity index (χ4n) is 2.21. The van der Waals surface area contributed by atoms with Crippen molar-refractivity contribution in [2.24, 2.45) is 0 Å². The molecule has 0 saturated carbocycles. The SMILES string of the molecule is COc1ccccc1C(C(=O)O)N(C)Cc1cnccn1. The van der Waals surface area contributed by atoms with Gasteiger partial charge in [-0.25, -0.2) is 0 Å². The molecule has 21 heavy (non-hydrogen) atoms. The van der Waals surface area contributed by atoms with Gasteiger partial charge in [-0.15, -0.1) is 0 Å². The topological polar surface area (TPSA) is 75.6 Å². The molecule has 0 aliphatic heterocycles. The number of nitrogens with zero attached hydrogens (tertiary/aromatic N) is 3. The summed E-state index contributed by atoms with van der Waals surface area (Å²) in [4.78, 5) is 21.5. The molecule has 1 atom stereocenters. The first-order valence-corrected chi connectivity index (χ1v) is 6.44. The van der Waals surface area contributed by atoms with E-state index in [-0.39, 0.29) is 0 Å². The molecule has 1 aromatic heterocycles. The monoisotopic (exact) mass is 287 g/mol. The number of hydrogen-bond acceptors (Lipinski definition) is 5. The van der Waals surface area contributed by atoms with Crippen molar-refractivity contribution in [3.63, 3.8) is 0 Å². The average molecular weight is 287 g/mol. The van der Waals surface area contributed by atoms with Gasteiger partial charge in [0.05, 0.1) is 12.8 Å². The van der Waals surface area contributed by atoms with Crippen LogP contribution in [0.25, 0.3) is 0 Å². The van der Waals surface area contributed by atoms with E-state index in [9.17, 15) is 9.90 Å². The molecule has 0 radical (unpaired) electrons. The predicted octanol–water partition coefficient (Wildman–Crippen LogP) is 1.74. The molecule has 110 valence electrons. The Morgan fingerprint density at radius 2 is 2.14 bits per heavy atom. The van der Waals surface area contributed by atoms with Crippen molar-refractivity contribution in [2.45, 2.75) is 12.6 Å². The van der Waals surface area contributed by atoms with Crippen LogP contribution in [0.4, 0.5) is 0 Å². The van der Waals surface area contributed by atoms with Crippen LogP contribution in [-0.2, 0) is 11.3 Å². The maximum absolute atomic E-state index is 11.7. The molecule has 0 saturated heterocycles. The minimum atomic E-state index is -0.939. The van der Waals surface area contributed by atoms with Gasteiger partial charge in [-0.3, -0.25) is 19.7 Å². The first kappa shape index (κ1) is 14.9. The molecule has 6 heteroatoms. The highest BCUT2D eigenvalue weighted by Gasteiger charge is 2.27. The van der Waals surface area contributed by atoms with Crippen molar-refractivity contribution in [3.8, 4) is 5.75 Å². The number of aromatic nitrogens is 2.